The second-order valence-electron chi connectivity index (χ2n) is 5.68. The molecule has 1 aromatic carbocycles. The van der Waals surface area contributed by atoms with Crippen LogP contribution in [0, 0.1) is 6.92 Å². The highest BCUT2D eigenvalue weighted by Crippen LogP contribution is 2.23. The third-order valence-corrected chi connectivity index (χ3v) is 3.86. The molecule has 0 spiro atoms. The van der Waals surface area contributed by atoms with E-state index in [-0.39, 0.29) is 17.9 Å². The Balaban J connectivity index is 1.75. The quantitative estimate of drug-likeness (QED) is 0.841. The molecular formula is C17H19N5O2. The van der Waals surface area contributed by atoms with Gasteiger partial charge in [-0.15, -0.1) is 0 Å². The monoisotopic (exact) mass is 325 g/mol. The maximum absolute atomic E-state index is 12.5. The first kappa shape index (κ1) is 15.9. The molecule has 24 heavy (non-hydrogen) atoms. The minimum Gasteiger partial charge on any atom is -0.342 e. The fourth-order valence-corrected chi connectivity index (χ4v) is 2.78. The Morgan fingerprint density at radius 2 is 2.25 bits per heavy atom. The molecule has 2 N–H and O–H groups in total. The summed E-state index contributed by atoms with van der Waals surface area (Å²) in [6, 6.07) is 6.63. The van der Waals surface area contributed by atoms with Crippen molar-refractivity contribution in [3.05, 3.63) is 54.1 Å². The predicted molar refractivity (Wildman–Crippen MR) is 89.5 cm³/mol. The van der Waals surface area contributed by atoms with Gasteiger partial charge in [-0.05, 0) is 44.0 Å². The molecule has 7 nitrogen and oxygen atoms in total. The highest BCUT2D eigenvalue weighted by atomic mass is 16.2. The lowest BCUT2D eigenvalue weighted by atomic mass is 10.1. The number of carbonyl (C=O) groups is 2. The van der Waals surface area contributed by atoms with Gasteiger partial charge >= 0.3 is 0 Å². The van der Waals surface area contributed by atoms with Gasteiger partial charge in [0.25, 0.3) is 5.91 Å². The number of rotatable bonds is 4. The zero-order valence-corrected chi connectivity index (χ0v) is 13.5. The Bertz CT molecular complexity index is 796. The number of aryl methyl sites for hydroxylation is 2. The molecule has 124 valence electrons. The van der Waals surface area contributed by atoms with Crippen molar-refractivity contribution in [1.82, 2.24) is 20.1 Å². The lowest BCUT2D eigenvalue weighted by Gasteiger charge is -2.23. The summed E-state index contributed by atoms with van der Waals surface area (Å²) in [6.07, 6.45) is 2.96. The first-order valence-corrected chi connectivity index (χ1v) is 7.82. The summed E-state index contributed by atoms with van der Waals surface area (Å²) >= 11 is 0. The number of fused-ring (bicyclic) bond motifs is 1. The summed E-state index contributed by atoms with van der Waals surface area (Å²) < 4.78 is 1.85. The van der Waals surface area contributed by atoms with Crippen molar-refractivity contribution in [2.24, 2.45) is 0 Å². The maximum atomic E-state index is 12.5. The summed E-state index contributed by atoms with van der Waals surface area (Å²) in [7, 11) is 0. The molecule has 0 radical (unpaired) electrons. The molecule has 0 bridgehead atoms. The second kappa shape index (κ2) is 6.66. The Labute approximate surface area is 139 Å². The van der Waals surface area contributed by atoms with Crippen LogP contribution in [0.15, 0.2) is 36.9 Å². The lowest BCUT2D eigenvalue weighted by Crippen LogP contribution is -2.33. The molecule has 2 heterocycles. The van der Waals surface area contributed by atoms with Crippen molar-refractivity contribution in [2.75, 3.05) is 5.32 Å². The van der Waals surface area contributed by atoms with E-state index < -0.39 is 0 Å². The molecule has 1 unspecified atom stereocenters. The van der Waals surface area contributed by atoms with Gasteiger partial charge in [0.2, 0.25) is 5.91 Å². The number of carbonyl (C=O) groups excluding carboxylic acids is 2. The molecule has 1 atom stereocenters. The van der Waals surface area contributed by atoms with Crippen LogP contribution in [0.25, 0.3) is 0 Å². The molecule has 2 aromatic rings. The van der Waals surface area contributed by atoms with E-state index in [9.17, 15) is 9.59 Å². The lowest BCUT2D eigenvalue weighted by molar-refractivity contribution is -0.111. The first-order valence-electron chi connectivity index (χ1n) is 7.82. The van der Waals surface area contributed by atoms with E-state index in [1.54, 1.807) is 24.3 Å². The number of benzene rings is 1. The van der Waals surface area contributed by atoms with E-state index in [0.717, 1.165) is 25.2 Å². The molecule has 7 heteroatoms. The van der Waals surface area contributed by atoms with Crippen LogP contribution in [-0.4, -0.2) is 26.6 Å². The Morgan fingerprint density at radius 3 is 3.04 bits per heavy atom. The second-order valence-corrected chi connectivity index (χ2v) is 5.68. The van der Waals surface area contributed by atoms with Crippen molar-refractivity contribution in [2.45, 2.75) is 32.4 Å². The number of nitrogens with one attached hydrogen (secondary N) is 2. The van der Waals surface area contributed by atoms with Crippen molar-refractivity contribution >= 4 is 17.5 Å². The van der Waals surface area contributed by atoms with Crippen LogP contribution in [0.1, 0.15) is 40.9 Å². The Morgan fingerprint density at radius 1 is 1.42 bits per heavy atom. The number of amides is 2. The van der Waals surface area contributed by atoms with Crippen LogP contribution in [-0.2, 0) is 11.3 Å². The van der Waals surface area contributed by atoms with Crippen LogP contribution >= 0.6 is 0 Å². The minimum absolute atomic E-state index is 0.154. The van der Waals surface area contributed by atoms with Crippen molar-refractivity contribution < 1.29 is 9.59 Å². The van der Waals surface area contributed by atoms with E-state index in [1.165, 1.54) is 6.08 Å². The standard InChI is InChI=1S/C17H19N5O2/c1-3-15(23)19-13-7-4-6-12(10-13)17(24)20-14-8-5-9-22-16(14)18-11(2)21-22/h3-4,6-7,10,14H,1,5,8-9H2,2H3,(H,19,23)(H,20,24). The molecule has 0 fully saturated rings. The van der Waals surface area contributed by atoms with Gasteiger partial charge in [0.05, 0.1) is 6.04 Å². The summed E-state index contributed by atoms with van der Waals surface area (Å²) in [5.41, 5.74) is 1.03. The van der Waals surface area contributed by atoms with E-state index in [4.69, 9.17) is 0 Å². The molecule has 0 saturated heterocycles. The van der Waals surface area contributed by atoms with Crippen LogP contribution in [0.2, 0.25) is 0 Å². The SMILES string of the molecule is C=CC(=O)Nc1cccc(C(=O)NC2CCCn3nc(C)nc32)c1. The van der Waals surface area contributed by atoms with Gasteiger partial charge in [-0.25, -0.2) is 9.67 Å². The fourth-order valence-electron chi connectivity index (χ4n) is 2.78. The number of nitrogens with zero attached hydrogens (tertiary/aromatic N) is 3. The number of anilines is 1. The molecule has 1 aliphatic heterocycles. The largest absolute Gasteiger partial charge is 0.342 e. The molecule has 1 aliphatic rings. The van der Waals surface area contributed by atoms with Gasteiger partial charge < -0.3 is 10.6 Å². The fraction of sp³-hybridized carbons (Fsp3) is 0.294. The third-order valence-electron chi connectivity index (χ3n) is 3.86. The zero-order valence-electron chi connectivity index (χ0n) is 13.5. The molecule has 1 aromatic heterocycles. The van der Waals surface area contributed by atoms with Crippen molar-refractivity contribution in [1.29, 1.82) is 0 Å². The molecule has 2 amide bonds. The van der Waals surface area contributed by atoms with Gasteiger partial charge in [0.1, 0.15) is 11.6 Å². The molecular weight excluding hydrogens is 306 g/mol. The highest BCUT2D eigenvalue weighted by molar-refractivity contribution is 6.00. The summed E-state index contributed by atoms with van der Waals surface area (Å²) in [5.74, 6) is 0.982. The predicted octanol–water partition coefficient (Wildman–Crippen LogP) is 1.98. The van der Waals surface area contributed by atoms with Gasteiger partial charge in [-0.3, -0.25) is 9.59 Å². The van der Waals surface area contributed by atoms with Crippen molar-refractivity contribution in [3.63, 3.8) is 0 Å². The van der Waals surface area contributed by atoms with Gasteiger partial charge in [-0.1, -0.05) is 12.6 Å². The van der Waals surface area contributed by atoms with E-state index in [0.29, 0.717) is 17.1 Å². The van der Waals surface area contributed by atoms with Gasteiger partial charge in [0, 0.05) is 17.8 Å². The molecule has 0 aliphatic carbocycles. The van der Waals surface area contributed by atoms with Crippen LogP contribution in [0.4, 0.5) is 5.69 Å². The normalized spacial score (nSPS) is 16.1. The number of hydrogen-bond acceptors (Lipinski definition) is 4. The third kappa shape index (κ3) is 3.34. The smallest absolute Gasteiger partial charge is 0.251 e. The topological polar surface area (TPSA) is 88.9 Å². The highest BCUT2D eigenvalue weighted by Gasteiger charge is 2.25. The minimum atomic E-state index is -0.316. The average Bonchev–Trinajstić information content (AvgIpc) is 2.96. The zero-order chi connectivity index (χ0) is 17.1. The summed E-state index contributed by atoms with van der Waals surface area (Å²) in [4.78, 5) is 28.3. The maximum Gasteiger partial charge on any atom is 0.251 e. The Hall–Kier alpha value is -2.96. The van der Waals surface area contributed by atoms with Crippen LogP contribution in [0.3, 0.4) is 0 Å². The van der Waals surface area contributed by atoms with Gasteiger partial charge in [-0.2, -0.15) is 5.10 Å². The van der Waals surface area contributed by atoms with Crippen LogP contribution < -0.4 is 10.6 Å². The summed E-state index contributed by atoms with van der Waals surface area (Å²) in [6.45, 7) is 6.08. The summed E-state index contributed by atoms with van der Waals surface area (Å²) in [5, 5.41) is 9.99. The molecule has 0 saturated carbocycles. The number of aromatic nitrogens is 3. The number of hydrogen-bond donors (Lipinski definition) is 2. The van der Waals surface area contributed by atoms with Crippen molar-refractivity contribution in [3.8, 4) is 0 Å². The molecule has 3 rings (SSSR count). The first-order chi connectivity index (χ1) is 11.6. The van der Waals surface area contributed by atoms with Gasteiger partial charge in [0.15, 0.2) is 0 Å². The van der Waals surface area contributed by atoms with E-state index in [2.05, 4.69) is 27.3 Å². The average molecular weight is 325 g/mol. The van der Waals surface area contributed by atoms with Crippen LogP contribution in [0.5, 0.6) is 0 Å². The van der Waals surface area contributed by atoms with E-state index in [1.807, 2.05) is 11.6 Å². The van der Waals surface area contributed by atoms with E-state index >= 15 is 0 Å². The Kier molecular flexibility index (Phi) is 4.41.